The molecule has 5 nitrogen and oxygen atoms in total. The molecule has 1 aliphatic heterocycles. The average molecular weight is 390 g/mol. The van der Waals surface area contributed by atoms with Gasteiger partial charge in [-0.15, -0.1) is 0 Å². The van der Waals surface area contributed by atoms with E-state index in [-0.39, 0.29) is 17.8 Å². The molecule has 4 rings (SSSR count). The Balaban J connectivity index is 1.92. The van der Waals surface area contributed by atoms with Crippen LogP contribution in [-0.4, -0.2) is 27.3 Å². The van der Waals surface area contributed by atoms with Gasteiger partial charge in [0.15, 0.2) is 0 Å². The highest BCUT2D eigenvalue weighted by molar-refractivity contribution is 6.05. The fraction of sp³-hybridized carbons (Fsp3) is 0.261. The fourth-order valence-corrected chi connectivity index (χ4v) is 3.87. The van der Waals surface area contributed by atoms with Gasteiger partial charge >= 0.3 is 0 Å². The first-order valence-electron chi connectivity index (χ1n) is 9.76. The zero-order valence-corrected chi connectivity index (χ0v) is 16.5. The molecule has 0 bridgehead atoms. The van der Waals surface area contributed by atoms with Gasteiger partial charge in [0, 0.05) is 24.3 Å². The highest BCUT2D eigenvalue weighted by atomic mass is 19.1. The van der Waals surface area contributed by atoms with E-state index in [1.165, 1.54) is 12.1 Å². The second-order valence-electron chi connectivity index (χ2n) is 7.31. The van der Waals surface area contributed by atoms with Crippen molar-refractivity contribution >= 4 is 16.8 Å². The van der Waals surface area contributed by atoms with Gasteiger partial charge < -0.3 is 10.6 Å². The maximum Gasteiger partial charge on any atom is 0.250 e. The molecule has 2 atom stereocenters. The number of carbonyl (C=O) groups is 1. The number of hydrogen-bond donors (Lipinski definition) is 1. The Morgan fingerprint density at radius 1 is 1.21 bits per heavy atom. The van der Waals surface area contributed by atoms with Crippen molar-refractivity contribution in [1.29, 1.82) is 0 Å². The molecule has 0 aliphatic carbocycles. The number of hydrogen-bond acceptors (Lipinski definition) is 4. The molecule has 1 aliphatic rings. The molecule has 29 heavy (non-hydrogen) atoms. The topological polar surface area (TPSA) is 72.1 Å². The molecule has 1 amide bonds. The summed E-state index contributed by atoms with van der Waals surface area (Å²) in [5, 5.41) is 0.817. The van der Waals surface area contributed by atoms with Gasteiger partial charge in [-0.2, -0.15) is 0 Å². The normalized spacial score (nSPS) is 15.2. The molecule has 148 valence electrons. The first kappa shape index (κ1) is 19.1. The molecular weight excluding hydrogens is 367 g/mol. The lowest BCUT2D eigenvalue weighted by Crippen LogP contribution is -2.34. The van der Waals surface area contributed by atoms with E-state index in [0.717, 1.165) is 23.2 Å². The summed E-state index contributed by atoms with van der Waals surface area (Å²) in [5.74, 6) is -0.0508. The first-order valence-corrected chi connectivity index (χ1v) is 9.76. The number of aromatic nitrogens is 2. The van der Waals surface area contributed by atoms with Crippen LogP contribution >= 0.6 is 0 Å². The molecule has 3 aromatic rings. The smallest absolute Gasteiger partial charge is 0.250 e. The molecule has 2 N–H and O–H groups in total. The van der Waals surface area contributed by atoms with Crippen LogP contribution in [-0.2, 0) is 6.42 Å². The zero-order chi connectivity index (χ0) is 20.5. The van der Waals surface area contributed by atoms with Crippen molar-refractivity contribution < 1.29 is 9.18 Å². The van der Waals surface area contributed by atoms with Crippen LogP contribution in [0.1, 0.15) is 53.2 Å². The molecule has 1 aromatic heterocycles. The number of para-hydroxylation sites is 1. The number of nitrogens with zero attached hydrogens (tertiary/aromatic N) is 3. The van der Waals surface area contributed by atoms with Gasteiger partial charge in [-0.05, 0) is 36.0 Å². The molecule has 2 heterocycles. The molecular formula is C23H23FN4O. The quantitative estimate of drug-likeness (QED) is 0.688. The van der Waals surface area contributed by atoms with E-state index in [1.54, 1.807) is 6.07 Å². The summed E-state index contributed by atoms with van der Waals surface area (Å²) in [4.78, 5) is 23.7. The van der Waals surface area contributed by atoms with E-state index < -0.39 is 5.91 Å². The van der Waals surface area contributed by atoms with Gasteiger partial charge in [-0.25, -0.2) is 14.4 Å². The van der Waals surface area contributed by atoms with Crippen LogP contribution in [0.25, 0.3) is 10.9 Å². The SMILES string of the molecule is CCc1nc([C@H]([C@@H](C)c2ccc(F)cc2)N2C=CC2)c2cccc(C(N)=O)c2n1. The van der Waals surface area contributed by atoms with E-state index in [0.29, 0.717) is 23.3 Å². The third kappa shape index (κ3) is 3.46. The van der Waals surface area contributed by atoms with Crippen molar-refractivity contribution in [2.45, 2.75) is 32.2 Å². The first-order chi connectivity index (χ1) is 14.0. The Bertz CT molecular complexity index is 1090. The van der Waals surface area contributed by atoms with E-state index in [9.17, 15) is 9.18 Å². The Morgan fingerprint density at radius 2 is 1.93 bits per heavy atom. The highest BCUT2D eigenvalue weighted by Gasteiger charge is 2.31. The second-order valence-corrected chi connectivity index (χ2v) is 7.31. The zero-order valence-electron chi connectivity index (χ0n) is 16.5. The number of nitrogens with two attached hydrogens (primary N) is 1. The number of fused-ring (bicyclic) bond motifs is 1. The number of halogens is 1. The number of benzene rings is 2. The van der Waals surface area contributed by atoms with Crippen LogP contribution in [0.2, 0.25) is 0 Å². The minimum atomic E-state index is -0.505. The summed E-state index contributed by atoms with van der Waals surface area (Å²) in [6.07, 6.45) is 4.77. The number of rotatable bonds is 6. The highest BCUT2D eigenvalue weighted by Crippen LogP contribution is 2.40. The predicted octanol–water partition coefficient (Wildman–Crippen LogP) is 4.10. The monoisotopic (exact) mass is 390 g/mol. The van der Waals surface area contributed by atoms with Gasteiger partial charge in [0.05, 0.1) is 22.8 Å². The summed E-state index contributed by atoms with van der Waals surface area (Å²) >= 11 is 0. The number of carbonyl (C=O) groups excluding carboxylic acids is 1. The summed E-state index contributed by atoms with van der Waals surface area (Å²) < 4.78 is 13.5. The van der Waals surface area contributed by atoms with Crippen LogP contribution in [0, 0.1) is 5.82 Å². The van der Waals surface area contributed by atoms with Crippen molar-refractivity contribution in [1.82, 2.24) is 14.9 Å². The number of aryl methyl sites for hydroxylation is 1. The van der Waals surface area contributed by atoms with E-state index in [4.69, 9.17) is 10.7 Å². The van der Waals surface area contributed by atoms with E-state index in [2.05, 4.69) is 22.9 Å². The molecule has 0 fully saturated rings. The van der Waals surface area contributed by atoms with Crippen molar-refractivity contribution in [2.24, 2.45) is 5.73 Å². The summed E-state index contributed by atoms with van der Waals surface area (Å²) in [6, 6.07) is 12.0. The second kappa shape index (κ2) is 7.62. The maximum absolute atomic E-state index is 13.5. The van der Waals surface area contributed by atoms with Crippen LogP contribution in [0.15, 0.2) is 54.7 Å². The molecule has 0 unspecified atom stereocenters. The van der Waals surface area contributed by atoms with Crippen molar-refractivity contribution in [2.75, 3.05) is 6.54 Å². The fourth-order valence-electron chi connectivity index (χ4n) is 3.87. The van der Waals surface area contributed by atoms with Crippen LogP contribution < -0.4 is 5.73 Å². The van der Waals surface area contributed by atoms with Gasteiger partial charge in [-0.3, -0.25) is 4.79 Å². The van der Waals surface area contributed by atoms with E-state index in [1.807, 2.05) is 37.4 Å². The largest absolute Gasteiger partial charge is 0.366 e. The molecule has 0 spiro atoms. The Kier molecular flexibility index (Phi) is 5.01. The molecule has 0 saturated heterocycles. The summed E-state index contributed by atoms with van der Waals surface area (Å²) in [7, 11) is 0. The van der Waals surface area contributed by atoms with Crippen molar-refractivity contribution in [3.63, 3.8) is 0 Å². The minimum Gasteiger partial charge on any atom is -0.366 e. The third-order valence-electron chi connectivity index (χ3n) is 5.50. The molecule has 0 saturated carbocycles. The van der Waals surface area contributed by atoms with Crippen LogP contribution in [0.3, 0.4) is 0 Å². The Hall–Kier alpha value is -3.28. The minimum absolute atomic E-state index is 0.0422. The van der Waals surface area contributed by atoms with Crippen LogP contribution in [0.4, 0.5) is 4.39 Å². The van der Waals surface area contributed by atoms with E-state index >= 15 is 0 Å². The van der Waals surface area contributed by atoms with Gasteiger partial charge in [0.25, 0.3) is 5.91 Å². The average Bonchev–Trinajstić information content (AvgIpc) is 2.69. The lowest BCUT2D eigenvalue weighted by atomic mass is 9.87. The van der Waals surface area contributed by atoms with Gasteiger partial charge in [0.1, 0.15) is 11.6 Å². The number of primary amides is 1. The van der Waals surface area contributed by atoms with Gasteiger partial charge in [-0.1, -0.05) is 38.1 Å². The van der Waals surface area contributed by atoms with Gasteiger partial charge in [0.2, 0.25) is 0 Å². The maximum atomic E-state index is 13.5. The summed E-state index contributed by atoms with van der Waals surface area (Å²) in [5.41, 5.74) is 8.46. The predicted molar refractivity (Wildman–Crippen MR) is 111 cm³/mol. The third-order valence-corrected chi connectivity index (χ3v) is 5.50. The number of amides is 1. The Morgan fingerprint density at radius 3 is 2.52 bits per heavy atom. The molecule has 0 radical (unpaired) electrons. The standard InChI is InChI=1S/C23H23FN4O/c1-3-19-26-20-17(6-4-7-18(20)23(25)29)21(27-19)22(28-12-5-13-28)14(2)15-8-10-16(24)11-9-15/h4-12,14,22H,3,13H2,1-2H3,(H2,25,29)/t14-,22-/m0/s1. The lowest BCUT2D eigenvalue weighted by Gasteiger charge is -2.38. The van der Waals surface area contributed by atoms with Crippen LogP contribution in [0.5, 0.6) is 0 Å². The Labute approximate surface area is 169 Å². The van der Waals surface area contributed by atoms with Crippen molar-refractivity contribution in [3.8, 4) is 0 Å². The summed E-state index contributed by atoms with van der Waals surface area (Å²) in [6.45, 7) is 4.90. The van der Waals surface area contributed by atoms with Crippen molar-refractivity contribution in [3.05, 3.63) is 83.2 Å². The molecule has 6 heteroatoms. The molecule has 2 aromatic carbocycles. The lowest BCUT2D eigenvalue weighted by molar-refractivity contribution is 0.100.